The van der Waals surface area contributed by atoms with E-state index in [9.17, 15) is 0 Å². The minimum absolute atomic E-state index is 0.343. The van der Waals surface area contributed by atoms with Crippen LogP contribution in [0.4, 0.5) is 11.8 Å². The van der Waals surface area contributed by atoms with E-state index in [0.29, 0.717) is 11.9 Å². The molecule has 2 N–H and O–H groups in total. The lowest BCUT2D eigenvalue weighted by molar-refractivity contribution is 0.193. The number of anilines is 2. The van der Waals surface area contributed by atoms with Crippen LogP contribution in [0.25, 0.3) is 0 Å². The fraction of sp³-hybridized carbons (Fsp3) is 0.500. The van der Waals surface area contributed by atoms with Crippen molar-refractivity contribution >= 4 is 11.8 Å². The topological polar surface area (TPSA) is 80.4 Å². The maximum absolute atomic E-state index is 5.96. The molecule has 2 aliphatic heterocycles. The Bertz CT molecular complexity index is 696. The summed E-state index contributed by atoms with van der Waals surface area (Å²) in [5.74, 6) is 1.64. The molecule has 2 aliphatic rings. The van der Waals surface area contributed by atoms with Gasteiger partial charge in [-0.3, -0.25) is 9.88 Å². The summed E-state index contributed by atoms with van der Waals surface area (Å²) in [6.07, 6.45) is 4.76. The number of pyridine rings is 1. The van der Waals surface area contributed by atoms with Crippen molar-refractivity contribution in [3.8, 4) is 0 Å². The summed E-state index contributed by atoms with van der Waals surface area (Å²) >= 11 is 0. The molecule has 0 aromatic carbocycles. The molecule has 2 fully saturated rings. The first-order valence-electron chi connectivity index (χ1n) is 8.86. The zero-order chi connectivity index (χ0) is 17.1. The molecule has 0 radical (unpaired) electrons. The highest BCUT2D eigenvalue weighted by atomic mass is 16.5. The number of nitrogens with two attached hydrogens (primary N) is 1. The zero-order valence-electron chi connectivity index (χ0n) is 14.3. The summed E-state index contributed by atoms with van der Waals surface area (Å²) in [7, 11) is 0. The van der Waals surface area contributed by atoms with Crippen molar-refractivity contribution in [2.24, 2.45) is 0 Å². The summed E-state index contributed by atoms with van der Waals surface area (Å²) < 4.78 is 5.48. The van der Waals surface area contributed by atoms with Crippen molar-refractivity contribution in [3.05, 3.63) is 41.9 Å². The second-order valence-electron chi connectivity index (χ2n) is 6.69. The van der Waals surface area contributed by atoms with Crippen LogP contribution in [0, 0.1) is 0 Å². The van der Waals surface area contributed by atoms with E-state index in [-0.39, 0.29) is 0 Å². The van der Waals surface area contributed by atoms with E-state index in [1.165, 1.54) is 5.56 Å². The molecule has 4 rings (SSSR count). The Hall–Kier alpha value is -2.25. The molecule has 2 aromatic heterocycles. The van der Waals surface area contributed by atoms with Crippen molar-refractivity contribution in [3.63, 3.8) is 0 Å². The van der Waals surface area contributed by atoms with Crippen LogP contribution in [0.1, 0.15) is 23.6 Å². The summed E-state index contributed by atoms with van der Waals surface area (Å²) in [6.45, 7) is 6.36. The van der Waals surface area contributed by atoms with Gasteiger partial charge in [-0.1, -0.05) is 6.07 Å². The Morgan fingerprint density at radius 3 is 2.80 bits per heavy atom. The summed E-state index contributed by atoms with van der Waals surface area (Å²) in [4.78, 5) is 17.8. The first kappa shape index (κ1) is 16.2. The second-order valence-corrected chi connectivity index (χ2v) is 6.69. The van der Waals surface area contributed by atoms with E-state index in [1.807, 2.05) is 18.5 Å². The van der Waals surface area contributed by atoms with Crippen LogP contribution in [0.3, 0.4) is 0 Å². The van der Waals surface area contributed by atoms with Gasteiger partial charge in [-0.15, -0.1) is 0 Å². The van der Waals surface area contributed by atoms with Crippen molar-refractivity contribution in [1.82, 2.24) is 19.9 Å². The van der Waals surface area contributed by atoms with Crippen molar-refractivity contribution in [1.29, 1.82) is 0 Å². The first-order valence-corrected chi connectivity index (χ1v) is 8.86. The molecule has 4 heterocycles. The van der Waals surface area contributed by atoms with Gasteiger partial charge in [0.05, 0.1) is 12.3 Å². The Kier molecular flexibility index (Phi) is 4.76. The molecule has 7 heteroatoms. The molecule has 0 spiro atoms. The van der Waals surface area contributed by atoms with Gasteiger partial charge in [-0.25, -0.2) is 4.98 Å². The van der Waals surface area contributed by atoms with Crippen molar-refractivity contribution in [2.45, 2.75) is 18.9 Å². The fourth-order valence-electron chi connectivity index (χ4n) is 3.50. The zero-order valence-corrected chi connectivity index (χ0v) is 14.3. The molecule has 132 valence electrons. The van der Waals surface area contributed by atoms with Gasteiger partial charge in [-0.05, 0) is 18.1 Å². The summed E-state index contributed by atoms with van der Waals surface area (Å²) in [5.41, 5.74) is 8.22. The first-order chi connectivity index (χ1) is 12.3. The standard InChI is InChI=1S/C18H24N6O/c19-18-21-16(15-3-9-25-13-15)10-17(22-18)24-7-5-23(6-8-24)12-14-2-1-4-20-11-14/h1-2,4,10-11,15H,3,5-9,12-13H2,(H2,19,21,22)/t15-/m1/s1. The van der Waals surface area contributed by atoms with Crippen LogP contribution in [0.5, 0.6) is 0 Å². The third-order valence-electron chi connectivity index (χ3n) is 4.92. The third kappa shape index (κ3) is 3.88. The van der Waals surface area contributed by atoms with Crippen LogP contribution >= 0.6 is 0 Å². The van der Waals surface area contributed by atoms with Gasteiger partial charge in [0.1, 0.15) is 5.82 Å². The average molecular weight is 340 g/mol. The Balaban J connectivity index is 1.40. The summed E-state index contributed by atoms with van der Waals surface area (Å²) in [6, 6.07) is 6.20. The predicted octanol–water partition coefficient (Wildman–Crippen LogP) is 1.28. The van der Waals surface area contributed by atoms with E-state index >= 15 is 0 Å². The quantitative estimate of drug-likeness (QED) is 0.898. The second kappa shape index (κ2) is 7.33. The summed E-state index contributed by atoms with van der Waals surface area (Å²) in [5, 5.41) is 0. The molecule has 0 saturated carbocycles. The molecule has 0 aliphatic carbocycles. The van der Waals surface area contributed by atoms with Gasteiger partial charge >= 0.3 is 0 Å². The minimum Gasteiger partial charge on any atom is -0.381 e. The number of piperazine rings is 1. The number of ether oxygens (including phenoxy) is 1. The van der Waals surface area contributed by atoms with E-state index in [0.717, 1.165) is 63.9 Å². The van der Waals surface area contributed by atoms with Gasteiger partial charge in [-0.2, -0.15) is 4.98 Å². The minimum atomic E-state index is 0.343. The number of hydrogen-bond donors (Lipinski definition) is 1. The maximum Gasteiger partial charge on any atom is 0.222 e. The number of rotatable bonds is 4. The molecule has 1 atom stereocenters. The van der Waals surface area contributed by atoms with Crippen molar-refractivity contribution in [2.75, 3.05) is 50.0 Å². The van der Waals surface area contributed by atoms with Crippen LogP contribution in [0.2, 0.25) is 0 Å². The lowest BCUT2D eigenvalue weighted by atomic mass is 10.0. The van der Waals surface area contributed by atoms with Crippen LogP contribution in [-0.2, 0) is 11.3 Å². The highest BCUT2D eigenvalue weighted by molar-refractivity contribution is 5.45. The molecule has 2 saturated heterocycles. The van der Waals surface area contributed by atoms with Gasteiger partial charge in [0.25, 0.3) is 0 Å². The molecular formula is C18H24N6O. The normalized spacial score (nSPS) is 21.6. The maximum atomic E-state index is 5.96. The molecule has 2 aromatic rings. The SMILES string of the molecule is Nc1nc([C@@H]2CCOC2)cc(N2CCN(Cc3cccnc3)CC2)n1. The Morgan fingerprint density at radius 2 is 2.08 bits per heavy atom. The van der Waals surface area contributed by atoms with E-state index < -0.39 is 0 Å². The van der Waals surface area contributed by atoms with Gasteiger partial charge in [0.15, 0.2) is 0 Å². The Labute approximate surface area is 147 Å². The predicted molar refractivity (Wildman–Crippen MR) is 96.3 cm³/mol. The van der Waals surface area contributed by atoms with Crippen LogP contribution in [0.15, 0.2) is 30.6 Å². The van der Waals surface area contributed by atoms with Crippen molar-refractivity contribution < 1.29 is 4.74 Å². The molecule has 0 amide bonds. The number of nitrogen functional groups attached to an aromatic ring is 1. The van der Waals surface area contributed by atoms with Gasteiger partial charge < -0.3 is 15.4 Å². The van der Waals surface area contributed by atoms with Crippen LogP contribution < -0.4 is 10.6 Å². The third-order valence-corrected chi connectivity index (χ3v) is 4.92. The highest BCUT2D eigenvalue weighted by Crippen LogP contribution is 2.27. The van der Waals surface area contributed by atoms with E-state index in [4.69, 9.17) is 10.5 Å². The lowest BCUT2D eigenvalue weighted by Crippen LogP contribution is -2.46. The molecule has 0 bridgehead atoms. The van der Waals surface area contributed by atoms with Crippen LogP contribution in [-0.4, -0.2) is 59.2 Å². The lowest BCUT2D eigenvalue weighted by Gasteiger charge is -2.35. The Morgan fingerprint density at radius 1 is 1.20 bits per heavy atom. The molecule has 0 unspecified atom stereocenters. The number of aromatic nitrogens is 3. The molecule has 7 nitrogen and oxygen atoms in total. The average Bonchev–Trinajstić information content (AvgIpc) is 3.17. The smallest absolute Gasteiger partial charge is 0.222 e. The largest absolute Gasteiger partial charge is 0.381 e. The van der Waals surface area contributed by atoms with E-state index in [2.05, 4.69) is 36.9 Å². The number of hydrogen-bond acceptors (Lipinski definition) is 7. The fourth-order valence-corrected chi connectivity index (χ4v) is 3.50. The highest BCUT2D eigenvalue weighted by Gasteiger charge is 2.23. The molecule has 25 heavy (non-hydrogen) atoms. The van der Waals surface area contributed by atoms with Gasteiger partial charge in [0.2, 0.25) is 5.95 Å². The van der Waals surface area contributed by atoms with Gasteiger partial charge in [0, 0.05) is 63.7 Å². The monoisotopic (exact) mass is 340 g/mol. The molecular weight excluding hydrogens is 316 g/mol. The number of nitrogens with zero attached hydrogens (tertiary/aromatic N) is 5. The van der Waals surface area contributed by atoms with E-state index in [1.54, 1.807) is 0 Å².